The van der Waals surface area contributed by atoms with Crippen molar-refractivity contribution in [2.75, 3.05) is 0 Å². The summed E-state index contributed by atoms with van der Waals surface area (Å²) in [7, 11) is 0. The van der Waals surface area contributed by atoms with Crippen LogP contribution in [0.1, 0.15) is 61.6 Å². The Labute approximate surface area is 149 Å². The lowest BCUT2D eigenvalue weighted by molar-refractivity contribution is 0.0694. The third kappa shape index (κ3) is 3.73. The van der Waals surface area contributed by atoms with Crippen LogP contribution in [-0.2, 0) is 0 Å². The van der Waals surface area contributed by atoms with Gasteiger partial charge in [-0.15, -0.1) is 0 Å². The fourth-order valence-corrected chi connectivity index (χ4v) is 3.39. The summed E-state index contributed by atoms with van der Waals surface area (Å²) in [5.74, 6) is -1.77. The number of hydrogen-bond acceptors (Lipinski definition) is 3. The molecule has 0 atom stereocenters. The van der Waals surface area contributed by atoms with Crippen molar-refractivity contribution in [2.45, 2.75) is 45.4 Å². The van der Waals surface area contributed by atoms with Crippen LogP contribution in [0.5, 0.6) is 0 Å². The van der Waals surface area contributed by atoms with Gasteiger partial charge in [0.2, 0.25) is 0 Å². The van der Waals surface area contributed by atoms with Crippen LogP contribution in [0.15, 0.2) is 16.7 Å². The minimum atomic E-state index is -1.22. The summed E-state index contributed by atoms with van der Waals surface area (Å²) < 4.78 is 19.6. The summed E-state index contributed by atoms with van der Waals surface area (Å²) in [6, 6.07) is 2.41. The molecule has 2 rings (SSSR count). The largest absolute Gasteiger partial charge is 0.477 e. The average Bonchev–Trinajstić information content (AvgIpc) is 2.90. The van der Waals surface area contributed by atoms with E-state index in [0.29, 0.717) is 0 Å². The molecule has 4 nitrogen and oxygen atoms in total. The van der Waals surface area contributed by atoms with Crippen molar-refractivity contribution < 1.29 is 18.8 Å². The van der Waals surface area contributed by atoms with Crippen molar-refractivity contribution in [3.05, 3.63) is 39.3 Å². The monoisotopic (exact) mass is 373 g/mol. The van der Waals surface area contributed by atoms with Gasteiger partial charge in [0.15, 0.2) is 5.76 Å². The van der Waals surface area contributed by atoms with Crippen LogP contribution in [0.25, 0.3) is 11.3 Å². The molecule has 1 heterocycles. The van der Waals surface area contributed by atoms with E-state index in [1.54, 1.807) is 0 Å². The molecule has 0 radical (unpaired) electrons. The topological polar surface area (TPSA) is 63.3 Å². The lowest BCUT2D eigenvalue weighted by Gasteiger charge is -2.12. The smallest absolute Gasteiger partial charge is 0.341 e. The van der Waals surface area contributed by atoms with Crippen molar-refractivity contribution in [3.63, 3.8) is 0 Å². The van der Waals surface area contributed by atoms with Gasteiger partial charge in [-0.25, -0.2) is 9.18 Å². The highest BCUT2D eigenvalue weighted by molar-refractivity contribution is 6.36. The molecule has 24 heavy (non-hydrogen) atoms. The number of hydrogen-bond donors (Lipinski definition) is 1. The molecule has 0 spiro atoms. The molecule has 0 aliphatic rings. The molecule has 0 bridgehead atoms. The summed E-state index contributed by atoms with van der Waals surface area (Å²) >= 11 is 11.8. The quantitative estimate of drug-likeness (QED) is 0.630. The molecule has 0 unspecified atom stereocenters. The van der Waals surface area contributed by atoms with Gasteiger partial charge in [-0.05, 0) is 25.0 Å². The standard InChI is InChI=1S/C17H18Cl2FNO3/c1-3-5-9(6-4-2)16-14(17(22)23)15(21-24-16)13-11(19)7-10(18)8-12(13)20/h7-9H,3-6H2,1-2H3,(H,22,23). The van der Waals surface area contributed by atoms with Gasteiger partial charge in [-0.3, -0.25) is 0 Å². The molecular weight excluding hydrogens is 356 g/mol. The SMILES string of the molecule is CCCC(CCC)c1onc(-c2c(F)cc(Cl)cc2Cl)c1C(=O)O. The normalized spacial score (nSPS) is 11.2. The predicted molar refractivity (Wildman–Crippen MR) is 91.4 cm³/mol. The Morgan fingerprint density at radius 3 is 2.42 bits per heavy atom. The zero-order valence-electron chi connectivity index (χ0n) is 13.4. The average molecular weight is 374 g/mol. The lowest BCUT2D eigenvalue weighted by Crippen LogP contribution is -2.07. The van der Waals surface area contributed by atoms with Gasteiger partial charge in [-0.2, -0.15) is 0 Å². The highest BCUT2D eigenvalue weighted by Crippen LogP contribution is 2.39. The van der Waals surface area contributed by atoms with Gasteiger partial charge in [0, 0.05) is 10.9 Å². The Bertz CT molecular complexity index is 716. The van der Waals surface area contributed by atoms with Crippen LogP contribution in [0.2, 0.25) is 10.0 Å². The number of aromatic carboxylic acids is 1. The van der Waals surface area contributed by atoms with Crippen molar-refractivity contribution in [2.24, 2.45) is 0 Å². The van der Waals surface area contributed by atoms with Gasteiger partial charge >= 0.3 is 5.97 Å². The van der Waals surface area contributed by atoms with Crippen molar-refractivity contribution in [1.82, 2.24) is 5.16 Å². The van der Waals surface area contributed by atoms with Crippen LogP contribution in [-0.4, -0.2) is 16.2 Å². The molecule has 0 aliphatic heterocycles. The van der Waals surface area contributed by atoms with Gasteiger partial charge < -0.3 is 9.63 Å². The van der Waals surface area contributed by atoms with Crippen molar-refractivity contribution in [1.29, 1.82) is 0 Å². The van der Waals surface area contributed by atoms with Crippen LogP contribution in [0.3, 0.4) is 0 Å². The van der Waals surface area contributed by atoms with Gasteiger partial charge in [0.25, 0.3) is 0 Å². The Hall–Kier alpha value is -1.59. The molecule has 0 saturated carbocycles. The zero-order chi connectivity index (χ0) is 17.9. The Morgan fingerprint density at radius 1 is 1.29 bits per heavy atom. The first-order chi connectivity index (χ1) is 11.4. The minimum absolute atomic E-state index is 0.00937. The summed E-state index contributed by atoms with van der Waals surface area (Å²) in [4.78, 5) is 11.8. The number of carboxylic acid groups (broad SMARTS) is 1. The molecule has 130 valence electrons. The lowest BCUT2D eigenvalue weighted by atomic mass is 9.91. The van der Waals surface area contributed by atoms with Crippen molar-refractivity contribution in [3.8, 4) is 11.3 Å². The molecule has 2 aromatic rings. The first kappa shape index (κ1) is 18.7. The molecular formula is C17H18Cl2FNO3. The molecule has 1 aromatic carbocycles. The minimum Gasteiger partial charge on any atom is -0.477 e. The van der Waals surface area contributed by atoms with E-state index in [0.717, 1.165) is 31.7 Å². The van der Waals surface area contributed by atoms with E-state index in [4.69, 9.17) is 27.7 Å². The fraction of sp³-hybridized carbons (Fsp3) is 0.412. The predicted octanol–water partition coefficient (Wildman–Crippen LogP) is 6.17. The number of rotatable bonds is 7. The van der Waals surface area contributed by atoms with Crippen LogP contribution < -0.4 is 0 Å². The highest BCUT2D eigenvalue weighted by Gasteiger charge is 2.30. The van der Waals surface area contributed by atoms with E-state index < -0.39 is 11.8 Å². The van der Waals surface area contributed by atoms with E-state index >= 15 is 0 Å². The van der Waals surface area contributed by atoms with E-state index in [9.17, 15) is 14.3 Å². The molecule has 0 amide bonds. The van der Waals surface area contributed by atoms with Gasteiger partial charge in [0.1, 0.15) is 17.1 Å². The first-order valence-electron chi connectivity index (χ1n) is 7.78. The number of nitrogens with zero attached hydrogens (tertiary/aromatic N) is 1. The first-order valence-corrected chi connectivity index (χ1v) is 8.53. The number of halogens is 3. The van der Waals surface area contributed by atoms with Crippen molar-refractivity contribution >= 4 is 29.2 Å². The molecule has 1 N–H and O–H groups in total. The molecule has 1 aromatic heterocycles. The number of benzene rings is 1. The molecule has 0 saturated heterocycles. The summed E-state index contributed by atoms with van der Waals surface area (Å²) in [5, 5.41) is 13.6. The summed E-state index contributed by atoms with van der Waals surface area (Å²) in [6.07, 6.45) is 3.27. The maximum Gasteiger partial charge on any atom is 0.341 e. The summed E-state index contributed by atoms with van der Waals surface area (Å²) in [6.45, 7) is 4.02. The van der Waals surface area contributed by atoms with Crippen LogP contribution in [0, 0.1) is 5.82 Å². The third-order valence-electron chi connectivity index (χ3n) is 3.82. The van der Waals surface area contributed by atoms with E-state index in [2.05, 4.69) is 5.16 Å². The second-order valence-electron chi connectivity index (χ2n) is 5.59. The Morgan fingerprint density at radius 2 is 1.92 bits per heavy atom. The zero-order valence-corrected chi connectivity index (χ0v) is 14.9. The van der Waals surface area contributed by atoms with Gasteiger partial charge in [0.05, 0.1) is 10.6 Å². The van der Waals surface area contributed by atoms with Crippen LogP contribution >= 0.6 is 23.2 Å². The second kappa shape index (κ2) is 7.99. The molecule has 0 fully saturated rings. The van der Waals surface area contributed by atoms with E-state index in [1.165, 1.54) is 6.07 Å². The Kier molecular flexibility index (Phi) is 6.24. The maximum atomic E-state index is 14.3. The summed E-state index contributed by atoms with van der Waals surface area (Å²) in [5.41, 5.74) is -0.348. The van der Waals surface area contributed by atoms with Crippen LogP contribution in [0.4, 0.5) is 4.39 Å². The molecule has 7 heteroatoms. The highest BCUT2D eigenvalue weighted by atomic mass is 35.5. The maximum absolute atomic E-state index is 14.3. The number of carbonyl (C=O) groups is 1. The second-order valence-corrected chi connectivity index (χ2v) is 6.44. The fourth-order valence-electron chi connectivity index (χ4n) is 2.83. The van der Waals surface area contributed by atoms with E-state index in [1.807, 2.05) is 13.8 Å². The molecule has 0 aliphatic carbocycles. The number of aromatic nitrogens is 1. The van der Waals surface area contributed by atoms with E-state index in [-0.39, 0.29) is 38.5 Å². The third-order valence-corrected chi connectivity index (χ3v) is 4.34. The Balaban J connectivity index is 2.63. The number of carboxylic acids is 1. The van der Waals surface area contributed by atoms with Gasteiger partial charge in [-0.1, -0.05) is 55.0 Å².